The highest BCUT2D eigenvalue weighted by Gasteiger charge is 2.36. The lowest BCUT2D eigenvalue weighted by Crippen LogP contribution is -2.30. The number of benzene rings is 4. The fourth-order valence-electron chi connectivity index (χ4n) is 5.29. The molecule has 0 fully saturated rings. The van der Waals surface area contributed by atoms with Crippen LogP contribution in [0.25, 0.3) is 22.4 Å². The van der Waals surface area contributed by atoms with Gasteiger partial charge in [-0.05, 0) is 64.7 Å². The lowest BCUT2D eigenvalue weighted by Gasteiger charge is -2.42. The first-order chi connectivity index (χ1) is 17.6. The summed E-state index contributed by atoms with van der Waals surface area (Å²) in [5.41, 5.74) is 10.7. The highest BCUT2D eigenvalue weighted by atomic mass is 15.2. The van der Waals surface area contributed by atoms with E-state index in [1.54, 1.807) is 12.3 Å². The van der Waals surface area contributed by atoms with Crippen LogP contribution in [0, 0.1) is 11.3 Å². The van der Waals surface area contributed by atoms with Gasteiger partial charge in [-0.25, -0.2) is 0 Å². The van der Waals surface area contributed by atoms with Crippen LogP contribution in [0.3, 0.4) is 0 Å². The molecule has 36 heavy (non-hydrogen) atoms. The van der Waals surface area contributed by atoms with E-state index >= 15 is 0 Å². The molecule has 0 unspecified atom stereocenters. The maximum absolute atomic E-state index is 9.29. The van der Waals surface area contributed by atoms with E-state index in [1.165, 1.54) is 22.5 Å². The monoisotopic (exact) mass is 463 g/mol. The Labute approximate surface area is 211 Å². The minimum atomic E-state index is -0.0827. The lowest BCUT2D eigenvalue weighted by molar-refractivity contribution is 0.632. The highest BCUT2D eigenvalue weighted by Crippen LogP contribution is 2.51. The molecular formula is C33H25N3. The van der Waals surface area contributed by atoms with Crippen LogP contribution in [0.1, 0.15) is 30.5 Å². The molecule has 0 spiro atoms. The Balaban J connectivity index is 1.47. The van der Waals surface area contributed by atoms with Crippen molar-refractivity contribution in [2.75, 3.05) is 4.90 Å². The van der Waals surface area contributed by atoms with Crippen molar-refractivity contribution in [3.8, 4) is 28.5 Å². The Hall–Kier alpha value is -4.68. The third kappa shape index (κ3) is 3.56. The van der Waals surface area contributed by atoms with Gasteiger partial charge in [-0.1, -0.05) is 80.6 Å². The molecule has 2 heterocycles. The standard InChI is InChI=1S/C33H25N3/c1-33(2)28-13-3-5-15-31(28)36(32-16-6-4-14-29(32)33)27-12-8-10-25(21-27)24-9-7-11-26(20-24)30-19-23(22-34)17-18-35-30/h3-21H,1-2H3. The molecule has 5 aromatic rings. The Bertz CT molecular complexity index is 1590. The fourth-order valence-corrected chi connectivity index (χ4v) is 5.29. The minimum Gasteiger partial charge on any atom is -0.310 e. The predicted octanol–water partition coefficient (Wildman–Crippen LogP) is 8.40. The SMILES string of the molecule is CC1(C)c2ccccc2N(c2cccc(-c3cccc(-c4cc(C#N)ccn4)c3)c2)c2ccccc21. The van der Waals surface area contributed by atoms with Gasteiger partial charge in [0, 0.05) is 22.9 Å². The van der Waals surface area contributed by atoms with Crippen LogP contribution in [0.15, 0.2) is 115 Å². The van der Waals surface area contributed by atoms with Crippen LogP contribution in [0.4, 0.5) is 17.1 Å². The molecule has 3 heteroatoms. The van der Waals surface area contributed by atoms with Gasteiger partial charge in [-0.3, -0.25) is 4.98 Å². The number of para-hydroxylation sites is 2. The number of hydrogen-bond acceptors (Lipinski definition) is 3. The van der Waals surface area contributed by atoms with Gasteiger partial charge in [0.15, 0.2) is 0 Å². The summed E-state index contributed by atoms with van der Waals surface area (Å²) in [7, 11) is 0. The van der Waals surface area contributed by atoms with Gasteiger partial charge in [-0.2, -0.15) is 5.26 Å². The molecule has 0 N–H and O–H groups in total. The summed E-state index contributed by atoms with van der Waals surface area (Å²) in [6.45, 7) is 4.61. The number of pyridine rings is 1. The molecule has 0 aliphatic carbocycles. The normalized spacial score (nSPS) is 13.4. The van der Waals surface area contributed by atoms with E-state index in [4.69, 9.17) is 0 Å². The van der Waals surface area contributed by atoms with Crippen molar-refractivity contribution < 1.29 is 0 Å². The molecule has 0 saturated carbocycles. The first-order valence-corrected chi connectivity index (χ1v) is 12.1. The minimum absolute atomic E-state index is 0.0827. The van der Waals surface area contributed by atoms with E-state index in [2.05, 4.69) is 115 Å². The molecule has 3 nitrogen and oxygen atoms in total. The van der Waals surface area contributed by atoms with Crippen molar-refractivity contribution in [2.24, 2.45) is 0 Å². The molecular weight excluding hydrogens is 438 g/mol. The molecule has 1 aliphatic heterocycles. The molecule has 0 atom stereocenters. The van der Waals surface area contributed by atoms with Crippen molar-refractivity contribution in [1.29, 1.82) is 5.26 Å². The maximum atomic E-state index is 9.29. The number of rotatable bonds is 3. The summed E-state index contributed by atoms with van der Waals surface area (Å²) >= 11 is 0. The fraction of sp³-hybridized carbons (Fsp3) is 0.0909. The zero-order valence-electron chi connectivity index (χ0n) is 20.3. The molecule has 4 aromatic carbocycles. The maximum Gasteiger partial charge on any atom is 0.0992 e. The van der Waals surface area contributed by atoms with Crippen molar-refractivity contribution in [1.82, 2.24) is 4.98 Å². The summed E-state index contributed by atoms with van der Waals surface area (Å²) in [6.07, 6.45) is 1.69. The van der Waals surface area contributed by atoms with Crippen LogP contribution >= 0.6 is 0 Å². The quantitative estimate of drug-likeness (QED) is 0.270. The molecule has 1 aromatic heterocycles. The van der Waals surface area contributed by atoms with Gasteiger partial charge in [0.2, 0.25) is 0 Å². The topological polar surface area (TPSA) is 39.9 Å². The van der Waals surface area contributed by atoms with E-state index in [-0.39, 0.29) is 5.41 Å². The average Bonchev–Trinajstić information content (AvgIpc) is 2.94. The Kier molecular flexibility index (Phi) is 5.16. The van der Waals surface area contributed by atoms with Gasteiger partial charge in [0.1, 0.15) is 0 Å². The molecule has 0 amide bonds. The van der Waals surface area contributed by atoms with E-state index < -0.39 is 0 Å². The summed E-state index contributed by atoms with van der Waals surface area (Å²) in [5.74, 6) is 0. The van der Waals surface area contributed by atoms with Crippen molar-refractivity contribution in [3.05, 3.63) is 132 Å². The molecule has 0 radical (unpaired) electrons. The Morgan fingerprint density at radius 3 is 1.97 bits per heavy atom. The van der Waals surface area contributed by atoms with Crippen LogP contribution in [0.5, 0.6) is 0 Å². The van der Waals surface area contributed by atoms with Gasteiger partial charge in [0.25, 0.3) is 0 Å². The molecule has 172 valence electrons. The summed E-state index contributed by atoms with van der Waals surface area (Å²) in [4.78, 5) is 6.86. The van der Waals surface area contributed by atoms with E-state index in [9.17, 15) is 5.26 Å². The van der Waals surface area contributed by atoms with Gasteiger partial charge in [0.05, 0.1) is 28.7 Å². The summed E-state index contributed by atoms with van der Waals surface area (Å²) < 4.78 is 0. The largest absolute Gasteiger partial charge is 0.310 e. The Morgan fingerprint density at radius 2 is 1.28 bits per heavy atom. The zero-order valence-corrected chi connectivity index (χ0v) is 20.3. The zero-order chi connectivity index (χ0) is 24.7. The smallest absolute Gasteiger partial charge is 0.0992 e. The van der Waals surface area contributed by atoms with Gasteiger partial charge in [-0.15, -0.1) is 0 Å². The number of anilines is 3. The predicted molar refractivity (Wildman–Crippen MR) is 147 cm³/mol. The highest BCUT2D eigenvalue weighted by molar-refractivity contribution is 5.87. The van der Waals surface area contributed by atoms with E-state index in [1.807, 2.05) is 18.2 Å². The average molecular weight is 464 g/mol. The van der Waals surface area contributed by atoms with Crippen LogP contribution in [-0.2, 0) is 5.41 Å². The first kappa shape index (κ1) is 21.8. The molecule has 6 rings (SSSR count). The van der Waals surface area contributed by atoms with Gasteiger partial charge < -0.3 is 4.90 Å². The second kappa shape index (κ2) is 8.52. The second-order valence-electron chi connectivity index (χ2n) is 9.67. The van der Waals surface area contributed by atoms with E-state index in [0.717, 1.165) is 28.1 Å². The number of nitriles is 1. The third-order valence-electron chi connectivity index (χ3n) is 7.12. The number of nitrogens with zero attached hydrogens (tertiary/aromatic N) is 3. The number of fused-ring (bicyclic) bond motifs is 2. The number of hydrogen-bond donors (Lipinski definition) is 0. The lowest BCUT2D eigenvalue weighted by atomic mass is 9.73. The van der Waals surface area contributed by atoms with E-state index in [0.29, 0.717) is 5.56 Å². The molecule has 0 saturated heterocycles. The molecule has 0 bridgehead atoms. The molecule has 1 aliphatic rings. The van der Waals surface area contributed by atoms with Crippen LogP contribution in [-0.4, -0.2) is 4.98 Å². The van der Waals surface area contributed by atoms with Crippen LogP contribution < -0.4 is 4.90 Å². The number of aromatic nitrogens is 1. The van der Waals surface area contributed by atoms with Crippen LogP contribution in [0.2, 0.25) is 0 Å². The van der Waals surface area contributed by atoms with Gasteiger partial charge >= 0.3 is 0 Å². The van der Waals surface area contributed by atoms with Crippen molar-refractivity contribution >= 4 is 17.1 Å². The second-order valence-corrected chi connectivity index (χ2v) is 9.67. The summed E-state index contributed by atoms with van der Waals surface area (Å²) in [5, 5.41) is 9.29. The Morgan fingerprint density at radius 1 is 0.667 bits per heavy atom. The van der Waals surface area contributed by atoms with Crippen molar-refractivity contribution in [3.63, 3.8) is 0 Å². The summed E-state index contributed by atoms with van der Waals surface area (Å²) in [6, 6.07) is 40.2. The third-order valence-corrected chi connectivity index (χ3v) is 7.12. The first-order valence-electron chi connectivity index (χ1n) is 12.1. The van der Waals surface area contributed by atoms with Crippen molar-refractivity contribution in [2.45, 2.75) is 19.3 Å².